The number of benzene rings is 3. The van der Waals surface area contributed by atoms with E-state index in [1.807, 2.05) is 77.6 Å². The lowest BCUT2D eigenvalue weighted by molar-refractivity contribution is 0.0531. The lowest BCUT2D eigenvalue weighted by Gasteiger charge is -2.17. The second-order valence-electron chi connectivity index (χ2n) is 7.22. The van der Waals surface area contributed by atoms with Gasteiger partial charge in [0.2, 0.25) is 0 Å². The monoisotopic (exact) mass is 414 g/mol. The normalized spacial score (nSPS) is 11.9. The minimum Gasteiger partial charge on any atom is -0.372 e. The van der Waals surface area contributed by atoms with Crippen molar-refractivity contribution >= 4 is 22.6 Å². The van der Waals surface area contributed by atoms with Gasteiger partial charge in [0.25, 0.3) is 0 Å². The molecule has 0 aliphatic rings. The van der Waals surface area contributed by atoms with Gasteiger partial charge in [0.15, 0.2) is 0 Å². The van der Waals surface area contributed by atoms with Crippen LogP contribution < -0.4 is 10.6 Å². The summed E-state index contributed by atoms with van der Waals surface area (Å²) in [4.78, 5) is 12.2. The topological polar surface area (TPSA) is 68.2 Å². The minimum atomic E-state index is -0.256. The fraction of sp³-hybridized carbons (Fsp3) is 0.200. The lowest BCUT2D eigenvalue weighted by atomic mass is 10.1. The highest BCUT2D eigenvalue weighted by Gasteiger charge is 2.09. The van der Waals surface area contributed by atoms with Crippen molar-refractivity contribution < 1.29 is 9.53 Å². The van der Waals surface area contributed by atoms with E-state index in [1.54, 1.807) is 0 Å². The smallest absolute Gasteiger partial charge is 0.319 e. The van der Waals surface area contributed by atoms with E-state index in [1.165, 1.54) is 0 Å². The largest absolute Gasteiger partial charge is 0.372 e. The summed E-state index contributed by atoms with van der Waals surface area (Å²) in [5.41, 5.74) is 3.85. The van der Waals surface area contributed by atoms with E-state index in [0.717, 1.165) is 28.6 Å². The molecule has 4 rings (SSSR count). The number of hydrogen-bond donors (Lipinski definition) is 2. The first-order valence-corrected chi connectivity index (χ1v) is 10.5. The van der Waals surface area contributed by atoms with E-state index in [0.29, 0.717) is 18.8 Å². The van der Waals surface area contributed by atoms with Gasteiger partial charge in [-0.3, -0.25) is 0 Å². The van der Waals surface area contributed by atoms with Crippen LogP contribution in [-0.2, 0) is 4.74 Å². The first kappa shape index (κ1) is 20.6. The number of anilines is 1. The third kappa shape index (κ3) is 5.10. The van der Waals surface area contributed by atoms with Crippen molar-refractivity contribution in [2.24, 2.45) is 0 Å². The zero-order valence-electron chi connectivity index (χ0n) is 17.5. The maximum absolute atomic E-state index is 12.2. The van der Waals surface area contributed by atoms with Crippen LogP contribution in [0.1, 0.15) is 25.0 Å². The van der Waals surface area contributed by atoms with Crippen LogP contribution in [0.15, 0.2) is 85.1 Å². The standard InChI is InChI=1S/C25H26N4O2/c1-2-24(19-8-4-3-5-9-19)31-17-16-26-25(30)28-21-12-14-22(15-13-21)29-23-11-7-6-10-20(23)18-27-29/h3-15,18,24H,2,16-17H2,1H3,(H2,26,28,30). The maximum Gasteiger partial charge on any atom is 0.319 e. The molecule has 3 aromatic carbocycles. The average molecular weight is 415 g/mol. The summed E-state index contributed by atoms with van der Waals surface area (Å²) in [5, 5.41) is 11.2. The van der Waals surface area contributed by atoms with Gasteiger partial charge in [-0.1, -0.05) is 55.5 Å². The molecule has 6 heteroatoms. The molecular weight excluding hydrogens is 388 g/mol. The molecule has 0 spiro atoms. The first-order valence-electron chi connectivity index (χ1n) is 10.5. The Bertz CT molecular complexity index is 1120. The Hall–Kier alpha value is -3.64. The molecule has 0 saturated carbocycles. The number of para-hydroxylation sites is 1. The maximum atomic E-state index is 12.2. The Kier molecular flexibility index (Phi) is 6.59. The van der Waals surface area contributed by atoms with Crippen molar-refractivity contribution in [3.05, 3.63) is 90.6 Å². The number of fused-ring (bicyclic) bond motifs is 1. The van der Waals surface area contributed by atoms with Gasteiger partial charge in [-0.05, 0) is 42.3 Å². The predicted molar refractivity (Wildman–Crippen MR) is 124 cm³/mol. The SMILES string of the molecule is CCC(OCCNC(=O)Nc1ccc(-n2ncc3ccccc32)cc1)c1ccccc1. The fourth-order valence-corrected chi connectivity index (χ4v) is 3.52. The van der Waals surface area contributed by atoms with E-state index >= 15 is 0 Å². The molecule has 2 N–H and O–H groups in total. The highest BCUT2D eigenvalue weighted by Crippen LogP contribution is 2.21. The predicted octanol–water partition coefficient (Wildman–Crippen LogP) is 5.31. The number of rotatable bonds is 8. The lowest BCUT2D eigenvalue weighted by Crippen LogP contribution is -2.31. The number of carbonyl (C=O) groups excluding carboxylic acids is 1. The van der Waals surface area contributed by atoms with E-state index in [9.17, 15) is 4.79 Å². The van der Waals surface area contributed by atoms with Gasteiger partial charge in [0.05, 0.1) is 30.1 Å². The second kappa shape index (κ2) is 9.91. The van der Waals surface area contributed by atoms with Gasteiger partial charge in [-0.2, -0.15) is 5.10 Å². The Morgan fingerprint density at radius 3 is 2.52 bits per heavy atom. The van der Waals surface area contributed by atoms with Crippen LogP contribution in [0.3, 0.4) is 0 Å². The quantitative estimate of drug-likeness (QED) is 0.384. The van der Waals surface area contributed by atoms with Crippen LogP contribution in [0.2, 0.25) is 0 Å². The highest BCUT2D eigenvalue weighted by molar-refractivity contribution is 5.89. The summed E-state index contributed by atoms with van der Waals surface area (Å²) >= 11 is 0. The van der Waals surface area contributed by atoms with Crippen LogP contribution in [-0.4, -0.2) is 29.0 Å². The van der Waals surface area contributed by atoms with E-state index in [4.69, 9.17) is 4.74 Å². The molecule has 2 amide bonds. The molecule has 0 aliphatic carbocycles. The molecule has 6 nitrogen and oxygen atoms in total. The third-order valence-corrected chi connectivity index (χ3v) is 5.10. The van der Waals surface area contributed by atoms with E-state index < -0.39 is 0 Å². The average Bonchev–Trinajstić information content (AvgIpc) is 3.24. The minimum absolute atomic E-state index is 0.0389. The number of amides is 2. The van der Waals surface area contributed by atoms with Gasteiger partial charge in [-0.25, -0.2) is 9.48 Å². The number of nitrogens with zero attached hydrogens (tertiary/aromatic N) is 2. The molecule has 0 aliphatic heterocycles. The molecule has 0 radical (unpaired) electrons. The Morgan fingerprint density at radius 2 is 1.74 bits per heavy atom. The Balaban J connectivity index is 1.26. The van der Waals surface area contributed by atoms with Gasteiger partial charge < -0.3 is 15.4 Å². The molecule has 158 valence electrons. The van der Waals surface area contributed by atoms with E-state index in [2.05, 4.69) is 34.8 Å². The zero-order chi connectivity index (χ0) is 21.5. The number of ether oxygens (including phenoxy) is 1. The van der Waals surface area contributed by atoms with Crippen LogP contribution >= 0.6 is 0 Å². The molecular formula is C25H26N4O2. The number of nitrogens with one attached hydrogen (secondary N) is 2. The summed E-state index contributed by atoms with van der Waals surface area (Å²) in [5.74, 6) is 0. The number of carbonyl (C=O) groups is 1. The van der Waals surface area contributed by atoms with Crippen molar-refractivity contribution in [3.8, 4) is 5.69 Å². The van der Waals surface area contributed by atoms with Crippen LogP contribution in [0, 0.1) is 0 Å². The molecule has 4 aromatic rings. The van der Waals surface area contributed by atoms with Crippen molar-refractivity contribution in [2.75, 3.05) is 18.5 Å². The van der Waals surface area contributed by atoms with Crippen molar-refractivity contribution in [3.63, 3.8) is 0 Å². The Morgan fingerprint density at radius 1 is 1.00 bits per heavy atom. The fourth-order valence-electron chi connectivity index (χ4n) is 3.52. The second-order valence-corrected chi connectivity index (χ2v) is 7.22. The summed E-state index contributed by atoms with van der Waals surface area (Å²) in [6.45, 7) is 2.98. The summed E-state index contributed by atoms with van der Waals surface area (Å²) in [7, 11) is 0. The number of urea groups is 1. The third-order valence-electron chi connectivity index (χ3n) is 5.10. The zero-order valence-corrected chi connectivity index (χ0v) is 17.5. The highest BCUT2D eigenvalue weighted by atomic mass is 16.5. The van der Waals surface area contributed by atoms with Gasteiger partial charge in [-0.15, -0.1) is 0 Å². The summed E-state index contributed by atoms with van der Waals surface area (Å²) < 4.78 is 7.80. The molecule has 1 unspecified atom stereocenters. The molecule has 0 saturated heterocycles. The van der Waals surface area contributed by atoms with Crippen molar-refractivity contribution in [1.82, 2.24) is 15.1 Å². The molecule has 1 aromatic heterocycles. The van der Waals surface area contributed by atoms with Gasteiger partial charge in [0.1, 0.15) is 0 Å². The van der Waals surface area contributed by atoms with Crippen LogP contribution in [0.25, 0.3) is 16.6 Å². The summed E-state index contributed by atoms with van der Waals surface area (Å²) in [6.07, 6.45) is 2.77. The Labute approximate surface area is 181 Å². The summed E-state index contributed by atoms with van der Waals surface area (Å²) in [6, 6.07) is 25.5. The number of aromatic nitrogens is 2. The molecule has 1 heterocycles. The van der Waals surface area contributed by atoms with Crippen LogP contribution in [0.4, 0.5) is 10.5 Å². The van der Waals surface area contributed by atoms with Crippen molar-refractivity contribution in [2.45, 2.75) is 19.4 Å². The van der Waals surface area contributed by atoms with Gasteiger partial charge in [0, 0.05) is 17.6 Å². The number of hydrogen-bond acceptors (Lipinski definition) is 3. The van der Waals surface area contributed by atoms with Gasteiger partial charge >= 0.3 is 6.03 Å². The van der Waals surface area contributed by atoms with E-state index in [-0.39, 0.29) is 12.1 Å². The molecule has 1 atom stereocenters. The first-order chi connectivity index (χ1) is 15.2. The molecule has 0 fully saturated rings. The molecule has 31 heavy (non-hydrogen) atoms. The molecule has 0 bridgehead atoms. The van der Waals surface area contributed by atoms with Crippen molar-refractivity contribution in [1.29, 1.82) is 0 Å². The van der Waals surface area contributed by atoms with Crippen LogP contribution in [0.5, 0.6) is 0 Å².